The number of anilines is 1. The molecule has 1 aromatic rings. The molecule has 0 saturated carbocycles. The molecule has 0 aliphatic carbocycles. The van der Waals surface area contributed by atoms with Gasteiger partial charge in [0.1, 0.15) is 0 Å². The van der Waals surface area contributed by atoms with E-state index in [4.69, 9.17) is 11.6 Å². The molecule has 0 fully saturated rings. The number of rotatable bonds is 3. The summed E-state index contributed by atoms with van der Waals surface area (Å²) in [5.41, 5.74) is 0.653. The molecule has 0 spiro atoms. The van der Waals surface area contributed by atoms with Crippen LogP contribution in [-0.2, 0) is 14.6 Å². The lowest BCUT2D eigenvalue weighted by Gasteiger charge is -2.29. The van der Waals surface area contributed by atoms with E-state index in [1.54, 1.807) is 44.2 Å². The minimum absolute atomic E-state index is 0.0753. The van der Waals surface area contributed by atoms with Gasteiger partial charge in [-0.2, -0.15) is 0 Å². The smallest absolute Gasteiger partial charge is 0.230 e. The van der Waals surface area contributed by atoms with E-state index in [0.717, 1.165) is 0 Å². The number of hydrogen-bond acceptors (Lipinski definition) is 3. The molecule has 6 heteroatoms. The fourth-order valence-electron chi connectivity index (χ4n) is 2.08. The first-order valence-electron chi connectivity index (χ1n) is 6.30. The zero-order valence-electron chi connectivity index (χ0n) is 11.3. The number of halogens is 1. The summed E-state index contributed by atoms with van der Waals surface area (Å²) in [6, 6.07) is 6.36. The van der Waals surface area contributed by atoms with Gasteiger partial charge in [-0.1, -0.05) is 25.4 Å². The molecule has 1 aliphatic heterocycles. The van der Waals surface area contributed by atoms with Crippen LogP contribution in [0.15, 0.2) is 35.7 Å². The van der Waals surface area contributed by atoms with E-state index >= 15 is 0 Å². The third-order valence-corrected chi connectivity index (χ3v) is 4.71. The lowest BCUT2D eigenvalue weighted by atomic mass is 10.1. The molecule has 0 bridgehead atoms. The summed E-state index contributed by atoms with van der Waals surface area (Å²) in [6.07, 6.45) is 1.56. The summed E-state index contributed by atoms with van der Waals surface area (Å²) in [5, 5.41) is 1.74. The van der Waals surface area contributed by atoms with Crippen molar-refractivity contribution in [2.45, 2.75) is 19.9 Å². The Labute approximate surface area is 124 Å². The highest BCUT2D eigenvalue weighted by Crippen LogP contribution is 2.26. The van der Waals surface area contributed by atoms with Crippen molar-refractivity contribution in [3.63, 3.8) is 0 Å². The standard InChI is InChI=1S/C14H16ClNO3S/c1-10(2)14(17)16(12-5-3-11(15)4-6-12)13-7-8-20(18,19)9-13/h3-8,10,13H,9H2,1-2H3/t13-/m1/s1. The summed E-state index contributed by atoms with van der Waals surface area (Å²) in [5.74, 6) is -0.407. The van der Waals surface area contributed by atoms with Gasteiger partial charge in [0, 0.05) is 22.0 Å². The van der Waals surface area contributed by atoms with Gasteiger partial charge >= 0.3 is 0 Å². The van der Waals surface area contributed by atoms with Gasteiger partial charge in [-0.25, -0.2) is 8.42 Å². The number of carbonyl (C=O) groups excluding carboxylic acids is 1. The molecule has 1 amide bonds. The van der Waals surface area contributed by atoms with Crippen LogP contribution < -0.4 is 4.90 Å². The lowest BCUT2D eigenvalue weighted by Crippen LogP contribution is -2.43. The molecular weight excluding hydrogens is 298 g/mol. The first-order chi connectivity index (χ1) is 9.30. The van der Waals surface area contributed by atoms with Gasteiger partial charge < -0.3 is 4.90 Å². The molecule has 1 heterocycles. The Kier molecular flexibility index (Phi) is 4.20. The van der Waals surface area contributed by atoms with E-state index in [0.29, 0.717) is 10.7 Å². The van der Waals surface area contributed by atoms with Crippen LogP contribution in [0.1, 0.15) is 13.8 Å². The highest BCUT2D eigenvalue weighted by Gasteiger charge is 2.32. The van der Waals surface area contributed by atoms with Crippen molar-refractivity contribution in [3.05, 3.63) is 40.8 Å². The first-order valence-corrected chi connectivity index (χ1v) is 8.39. The fourth-order valence-corrected chi connectivity index (χ4v) is 3.48. The average molecular weight is 314 g/mol. The van der Waals surface area contributed by atoms with Gasteiger partial charge in [0.15, 0.2) is 9.84 Å². The highest BCUT2D eigenvalue weighted by molar-refractivity contribution is 7.94. The van der Waals surface area contributed by atoms with Crippen LogP contribution in [0.5, 0.6) is 0 Å². The van der Waals surface area contributed by atoms with Gasteiger partial charge in [0.25, 0.3) is 0 Å². The van der Waals surface area contributed by atoms with Crippen LogP contribution in [0.4, 0.5) is 5.69 Å². The van der Waals surface area contributed by atoms with E-state index in [1.165, 1.54) is 10.3 Å². The molecule has 1 aromatic carbocycles. The Morgan fingerprint density at radius 3 is 2.35 bits per heavy atom. The summed E-state index contributed by atoms with van der Waals surface area (Å²) in [7, 11) is -3.22. The van der Waals surface area contributed by atoms with Crippen molar-refractivity contribution < 1.29 is 13.2 Å². The van der Waals surface area contributed by atoms with E-state index < -0.39 is 15.9 Å². The summed E-state index contributed by atoms with van der Waals surface area (Å²) in [6.45, 7) is 3.58. The molecule has 0 N–H and O–H groups in total. The van der Waals surface area contributed by atoms with Gasteiger partial charge in [-0.15, -0.1) is 0 Å². The topological polar surface area (TPSA) is 54.5 Å². The summed E-state index contributed by atoms with van der Waals surface area (Å²) in [4.78, 5) is 13.9. The molecule has 1 aliphatic rings. The minimum Gasteiger partial charge on any atom is -0.304 e. The third kappa shape index (κ3) is 3.22. The fraction of sp³-hybridized carbons (Fsp3) is 0.357. The van der Waals surface area contributed by atoms with E-state index in [1.807, 2.05) is 0 Å². The maximum Gasteiger partial charge on any atom is 0.230 e. The van der Waals surface area contributed by atoms with Crippen LogP contribution in [0, 0.1) is 5.92 Å². The monoisotopic (exact) mass is 313 g/mol. The molecule has 1 atom stereocenters. The second-order valence-electron chi connectivity index (χ2n) is 5.06. The second kappa shape index (κ2) is 5.58. The van der Waals surface area contributed by atoms with Crippen LogP contribution in [-0.4, -0.2) is 26.1 Å². The number of nitrogens with zero attached hydrogens (tertiary/aromatic N) is 1. The molecule has 20 heavy (non-hydrogen) atoms. The maximum atomic E-state index is 12.4. The largest absolute Gasteiger partial charge is 0.304 e. The van der Waals surface area contributed by atoms with Gasteiger partial charge in [0.05, 0.1) is 11.8 Å². The Morgan fingerprint density at radius 1 is 1.30 bits per heavy atom. The predicted molar refractivity (Wildman–Crippen MR) is 80.5 cm³/mol. The molecule has 0 radical (unpaired) electrons. The van der Waals surface area contributed by atoms with E-state index in [9.17, 15) is 13.2 Å². The molecule has 0 aromatic heterocycles. The van der Waals surface area contributed by atoms with Gasteiger partial charge in [-0.3, -0.25) is 4.79 Å². The maximum absolute atomic E-state index is 12.4. The van der Waals surface area contributed by atoms with Crippen molar-refractivity contribution in [1.82, 2.24) is 0 Å². The zero-order chi connectivity index (χ0) is 14.9. The van der Waals surface area contributed by atoms with Crippen molar-refractivity contribution in [2.24, 2.45) is 5.92 Å². The highest BCUT2D eigenvalue weighted by atomic mass is 35.5. The van der Waals surface area contributed by atoms with Gasteiger partial charge in [-0.05, 0) is 30.3 Å². The van der Waals surface area contributed by atoms with E-state index in [2.05, 4.69) is 0 Å². The zero-order valence-corrected chi connectivity index (χ0v) is 12.9. The lowest BCUT2D eigenvalue weighted by molar-refractivity contribution is -0.121. The van der Waals surface area contributed by atoms with Crippen molar-refractivity contribution in [2.75, 3.05) is 10.7 Å². The van der Waals surface area contributed by atoms with Crippen LogP contribution in [0.2, 0.25) is 5.02 Å². The number of benzene rings is 1. The molecule has 2 rings (SSSR count). The first kappa shape index (κ1) is 15.1. The Hall–Kier alpha value is -1.33. The summed E-state index contributed by atoms with van der Waals surface area (Å²) < 4.78 is 23.2. The number of sulfone groups is 1. The third-order valence-electron chi connectivity index (χ3n) is 3.08. The van der Waals surface area contributed by atoms with Crippen LogP contribution in [0.3, 0.4) is 0 Å². The molecule has 0 unspecified atom stereocenters. The molecule has 108 valence electrons. The number of amides is 1. The number of carbonyl (C=O) groups is 1. The van der Waals surface area contributed by atoms with Crippen LogP contribution in [0.25, 0.3) is 0 Å². The Morgan fingerprint density at radius 2 is 1.90 bits per heavy atom. The Bertz CT molecular complexity index is 635. The second-order valence-corrected chi connectivity index (χ2v) is 7.43. The predicted octanol–water partition coefficient (Wildman–Crippen LogP) is 2.64. The van der Waals surface area contributed by atoms with E-state index in [-0.39, 0.29) is 17.6 Å². The van der Waals surface area contributed by atoms with Gasteiger partial charge in [0.2, 0.25) is 5.91 Å². The average Bonchev–Trinajstić information content (AvgIpc) is 2.72. The number of hydrogen-bond donors (Lipinski definition) is 0. The molecular formula is C14H16ClNO3S. The van der Waals surface area contributed by atoms with Crippen molar-refractivity contribution in [1.29, 1.82) is 0 Å². The summed E-state index contributed by atoms with van der Waals surface area (Å²) >= 11 is 5.85. The minimum atomic E-state index is -3.22. The Balaban J connectivity index is 2.38. The van der Waals surface area contributed by atoms with Crippen molar-refractivity contribution in [3.8, 4) is 0 Å². The molecule has 4 nitrogen and oxygen atoms in total. The normalized spacial score (nSPS) is 20.3. The SMILES string of the molecule is CC(C)C(=O)N(c1ccc(Cl)cc1)[C@@H]1C=CS(=O)(=O)C1. The molecule has 0 saturated heterocycles. The van der Waals surface area contributed by atoms with Crippen molar-refractivity contribution >= 4 is 33.0 Å². The van der Waals surface area contributed by atoms with Crippen LogP contribution >= 0.6 is 11.6 Å². The quantitative estimate of drug-likeness (QED) is 0.862.